The Bertz CT molecular complexity index is 282. The molecule has 1 aliphatic heterocycles. The van der Waals surface area contributed by atoms with Gasteiger partial charge in [0.2, 0.25) is 0 Å². The van der Waals surface area contributed by atoms with Crippen molar-refractivity contribution >= 4 is 9.84 Å². The lowest BCUT2D eigenvalue weighted by atomic mass is 10.1. The van der Waals surface area contributed by atoms with Crippen LogP contribution in [0.15, 0.2) is 0 Å². The average Bonchev–Trinajstić information content (AvgIpc) is 2.81. The SMILES string of the molecule is CNC(C1CC1)C1CCCS1(=O)=O. The minimum absolute atomic E-state index is 0.0926. The van der Waals surface area contributed by atoms with Crippen LogP contribution in [0, 0.1) is 5.92 Å². The van der Waals surface area contributed by atoms with Crippen LogP contribution in [0.2, 0.25) is 0 Å². The fourth-order valence-electron chi connectivity index (χ4n) is 2.40. The summed E-state index contributed by atoms with van der Waals surface area (Å²) in [5.41, 5.74) is 0. The van der Waals surface area contributed by atoms with Gasteiger partial charge in [0, 0.05) is 6.04 Å². The van der Waals surface area contributed by atoms with Crippen LogP contribution < -0.4 is 5.32 Å². The van der Waals surface area contributed by atoms with E-state index in [0.29, 0.717) is 11.7 Å². The molecule has 2 atom stereocenters. The van der Waals surface area contributed by atoms with E-state index >= 15 is 0 Å². The molecule has 2 fully saturated rings. The molecule has 2 unspecified atom stereocenters. The molecule has 1 saturated carbocycles. The van der Waals surface area contributed by atoms with Crippen LogP contribution in [0.5, 0.6) is 0 Å². The molecule has 0 aromatic carbocycles. The van der Waals surface area contributed by atoms with Crippen molar-refractivity contribution in [3.05, 3.63) is 0 Å². The van der Waals surface area contributed by atoms with Crippen LogP contribution in [-0.2, 0) is 9.84 Å². The minimum Gasteiger partial charge on any atom is -0.315 e. The summed E-state index contributed by atoms with van der Waals surface area (Å²) in [6.45, 7) is 0. The summed E-state index contributed by atoms with van der Waals surface area (Å²) in [6.07, 6.45) is 4.14. The van der Waals surface area contributed by atoms with Crippen molar-refractivity contribution in [1.29, 1.82) is 0 Å². The Hall–Kier alpha value is -0.0900. The summed E-state index contributed by atoms with van der Waals surface area (Å²) in [5.74, 6) is 1.03. The number of sulfone groups is 1. The number of nitrogens with one attached hydrogen (secondary N) is 1. The van der Waals surface area contributed by atoms with Crippen LogP contribution in [-0.4, -0.2) is 32.5 Å². The number of hydrogen-bond donors (Lipinski definition) is 1. The second-order valence-electron chi connectivity index (χ2n) is 4.20. The van der Waals surface area contributed by atoms with Gasteiger partial charge in [-0.25, -0.2) is 8.42 Å². The topological polar surface area (TPSA) is 46.2 Å². The molecule has 0 spiro atoms. The first kappa shape index (κ1) is 9.46. The summed E-state index contributed by atoms with van der Waals surface area (Å²) >= 11 is 0. The first-order valence-electron chi connectivity index (χ1n) is 5.04. The second kappa shape index (κ2) is 3.24. The lowest BCUT2D eigenvalue weighted by molar-refractivity contribution is 0.459. The maximum atomic E-state index is 11.7. The van der Waals surface area contributed by atoms with Crippen LogP contribution >= 0.6 is 0 Å². The summed E-state index contributed by atoms with van der Waals surface area (Å²) in [5, 5.41) is 3.09. The standard InChI is InChI=1S/C9H17NO2S/c1-10-9(7-4-5-7)8-3-2-6-13(8,11)12/h7-10H,2-6H2,1H3. The molecule has 13 heavy (non-hydrogen) atoms. The summed E-state index contributed by atoms with van der Waals surface area (Å²) in [7, 11) is -0.880. The van der Waals surface area contributed by atoms with E-state index in [-0.39, 0.29) is 11.3 Å². The molecule has 0 bridgehead atoms. The molecule has 1 saturated heterocycles. The van der Waals surface area contributed by atoms with Crippen molar-refractivity contribution in [2.45, 2.75) is 37.0 Å². The normalized spacial score (nSPS) is 34.7. The Morgan fingerprint density at radius 3 is 2.38 bits per heavy atom. The van der Waals surface area contributed by atoms with Gasteiger partial charge in [0.15, 0.2) is 9.84 Å². The molecule has 3 nitrogen and oxygen atoms in total. The maximum absolute atomic E-state index is 11.7. The Morgan fingerprint density at radius 2 is 2.00 bits per heavy atom. The van der Waals surface area contributed by atoms with Crippen LogP contribution in [0.25, 0.3) is 0 Å². The van der Waals surface area contributed by atoms with E-state index in [1.165, 1.54) is 12.8 Å². The van der Waals surface area contributed by atoms with E-state index in [0.717, 1.165) is 12.8 Å². The Kier molecular flexibility index (Phi) is 2.36. The summed E-state index contributed by atoms with van der Waals surface area (Å²) in [4.78, 5) is 0. The Labute approximate surface area is 79.8 Å². The van der Waals surface area contributed by atoms with Crippen LogP contribution in [0.4, 0.5) is 0 Å². The van der Waals surface area contributed by atoms with E-state index in [1.807, 2.05) is 7.05 Å². The summed E-state index contributed by atoms with van der Waals surface area (Å²) < 4.78 is 23.3. The highest BCUT2D eigenvalue weighted by atomic mass is 32.2. The van der Waals surface area contributed by atoms with Crippen LogP contribution in [0.3, 0.4) is 0 Å². The lowest BCUT2D eigenvalue weighted by Crippen LogP contribution is -2.42. The van der Waals surface area contributed by atoms with Crippen LogP contribution in [0.1, 0.15) is 25.7 Å². The largest absolute Gasteiger partial charge is 0.315 e. The predicted molar refractivity (Wildman–Crippen MR) is 52.4 cm³/mol. The van der Waals surface area contributed by atoms with Gasteiger partial charge in [-0.2, -0.15) is 0 Å². The first-order chi connectivity index (χ1) is 6.15. The molecule has 1 heterocycles. The van der Waals surface area contributed by atoms with Crippen molar-refractivity contribution in [2.75, 3.05) is 12.8 Å². The highest BCUT2D eigenvalue weighted by Gasteiger charge is 2.43. The fourth-order valence-corrected chi connectivity index (χ4v) is 4.60. The molecule has 4 heteroatoms. The van der Waals surface area contributed by atoms with Gasteiger partial charge in [-0.1, -0.05) is 0 Å². The molecule has 1 aliphatic carbocycles. The highest BCUT2D eigenvalue weighted by molar-refractivity contribution is 7.92. The van der Waals surface area contributed by atoms with Gasteiger partial charge in [0.25, 0.3) is 0 Å². The third-order valence-corrected chi connectivity index (χ3v) is 5.55. The first-order valence-corrected chi connectivity index (χ1v) is 6.75. The minimum atomic E-state index is -2.77. The van der Waals surface area contributed by atoms with Crippen molar-refractivity contribution in [3.63, 3.8) is 0 Å². The fraction of sp³-hybridized carbons (Fsp3) is 1.00. The van der Waals surface area contributed by atoms with Crippen molar-refractivity contribution in [2.24, 2.45) is 5.92 Å². The molecule has 0 aromatic rings. The quantitative estimate of drug-likeness (QED) is 0.729. The average molecular weight is 203 g/mol. The van der Waals surface area contributed by atoms with Gasteiger partial charge in [0.05, 0.1) is 11.0 Å². The molecular weight excluding hydrogens is 186 g/mol. The molecule has 2 aliphatic rings. The van der Waals surface area contributed by atoms with Gasteiger partial charge < -0.3 is 5.32 Å². The third kappa shape index (κ3) is 1.74. The van der Waals surface area contributed by atoms with E-state index in [2.05, 4.69) is 5.32 Å². The van der Waals surface area contributed by atoms with Gasteiger partial charge in [-0.3, -0.25) is 0 Å². The second-order valence-corrected chi connectivity index (χ2v) is 6.54. The zero-order chi connectivity index (χ0) is 9.47. The van der Waals surface area contributed by atoms with Crippen molar-refractivity contribution in [3.8, 4) is 0 Å². The number of rotatable bonds is 3. The van der Waals surface area contributed by atoms with Gasteiger partial charge in [-0.05, 0) is 38.6 Å². The van der Waals surface area contributed by atoms with Crippen molar-refractivity contribution in [1.82, 2.24) is 5.32 Å². The van der Waals surface area contributed by atoms with E-state index < -0.39 is 9.84 Å². The summed E-state index contributed by atoms with van der Waals surface area (Å²) in [6, 6.07) is 0.229. The zero-order valence-corrected chi connectivity index (χ0v) is 8.81. The lowest BCUT2D eigenvalue weighted by Gasteiger charge is -2.21. The van der Waals surface area contributed by atoms with Gasteiger partial charge in [0.1, 0.15) is 0 Å². The van der Waals surface area contributed by atoms with E-state index in [1.54, 1.807) is 0 Å². The third-order valence-electron chi connectivity index (χ3n) is 3.24. The maximum Gasteiger partial charge on any atom is 0.154 e. The molecule has 0 radical (unpaired) electrons. The van der Waals surface area contributed by atoms with Crippen molar-refractivity contribution < 1.29 is 8.42 Å². The number of hydrogen-bond acceptors (Lipinski definition) is 3. The molecular formula is C9H17NO2S. The molecule has 1 N–H and O–H groups in total. The smallest absolute Gasteiger partial charge is 0.154 e. The highest BCUT2D eigenvalue weighted by Crippen LogP contribution is 2.38. The molecule has 0 aromatic heterocycles. The zero-order valence-electron chi connectivity index (χ0n) is 7.99. The van der Waals surface area contributed by atoms with E-state index in [9.17, 15) is 8.42 Å². The molecule has 76 valence electrons. The predicted octanol–water partition coefficient (Wildman–Crippen LogP) is 0.562. The monoisotopic (exact) mass is 203 g/mol. The molecule has 2 rings (SSSR count). The van der Waals surface area contributed by atoms with Gasteiger partial charge >= 0.3 is 0 Å². The Morgan fingerprint density at radius 1 is 1.31 bits per heavy atom. The van der Waals surface area contributed by atoms with E-state index in [4.69, 9.17) is 0 Å². The molecule has 0 amide bonds. The Balaban J connectivity index is 2.13. The van der Waals surface area contributed by atoms with Gasteiger partial charge in [-0.15, -0.1) is 0 Å².